The van der Waals surface area contributed by atoms with Crippen LogP contribution in [-0.2, 0) is 19.1 Å². The van der Waals surface area contributed by atoms with Crippen molar-refractivity contribution in [3.8, 4) is 0 Å². The number of rotatable bonds is 22. The van der Waals surface area contributed by atoms with Crippen LogP contribution in [0.3, 0.4) is 0 Å². The summed E-state index contributed by atoms with van der Waals surface area (Å²) in [5, 5.41) is 0. The molecular formula is C26H50O4. The predicted octanol–water partition coefficient (Wildman–Crippen LogP) is 7.91. The molecule has 0 N–H and O–H groups in total. The van der Waals surface area contributed by atoms with Crippen molar-refractivity contribution in [3.05, 3.63) is 0 Å². The Balaban J connectivity index is 3.73. The molecule has 30 heavy (non-hydrogen) atoms. The molecule has 0 radical (unpaired) electrons. The third-order valence-corrected chi connectivity index (χ3v) is 5.63. The lowest BCUT2D eigenvalue weighted by Crippen LogP contribution is -2.29. The second-order valence-electron chi connectivity index (χ2n) is 8.57. The molecular weight excluding hydrogens is 376 g/mol. The maximum absolute atomic E-state index is 12.1. The van der Waals surface area contributed by atoms with Gasteiger partial charge in [-0.25, -0.2) is 4.79 Å². The first-order chi connectivity index (χ1) is 14.7. The molecule has 0 amide bonds. The van der Waals surface area contributed by atoms with Gasteiger partial charge in [0.15, 0.2) is 6.10 Å². The van der Waals surface area contributed by atoms with Crippen molar-refractivity contribution in [2.45, 2.75) is 149 Å². The first kappa shape index (κ1) is 28.9. The molecule has 4 nitrogen and oxygen atoms in total. The van der Waals surface area contributed by atoms with Gasteiger partial charge in [0.2, 0.25) is 0 Å². The van der Waals surface area contributed by atoms with E-state index < -0.39 is 12.1 Å². The zero-order valence-electron chi connectivity index (χ0n) is 20.4. The summed E-state index contributed by atoms with van der Waals surface area (Å²) in [5.41, 5.74) is 0. The number of hydrogen-bond donors (Lipinski definition) is 0. The molecule has 0 saturated carbocycles. The van der Waals surface area contributed by atoms with Crippen LogP contribution in [-0.4, -0.2) is 24.6 Å². The zero-order valence-corrected chi connectivity index (χ0v) is 20.4. The SMILES string of the molecule is CCCCCCCCCCCCCCCCC(OC(=O)CCCCC)C(=O)OCC. The molecule has 1 unspecified atom stereocenters. The van der Waals surface area contributed by atoms with Crippen LogP contribution >= 0.6 is 0 Å². The highest BCUT2D eigenvalue weighted by molar-refractivity contribution is 5.79. The summed E-state index contributed by atoms with van der Waals surface area (Å²) in [5.74, 6) is -0.664. The molecule has 0 aromatic carbocycles. The molecule has 1 atom stereocenters. The van der Waals surface area contributed by atoms with Gasteiger partial charge in [-0.3, -0.25) is 4.79 Å². The van der Waals surface area contributed by atoms with E-state index in [2.05, 4.69) is 13.8 Å². The minimum Gasteiger partial charge on any atom is -0.463 e. The Morgan fingerprint density at radius 3 is 1.50 bits per heavy atom. The van der Waals surface area contributed by atoms with Crippen LogP contribution < -0.4 is 0 Å². The van der Waals surface area contributed by atoms with E-state index in [0.717, 1.165) is 32.1 Å². The van der Waals surface area contributed by atoms with Gasteiger partial charge < -0.3 is 9.47 Å². The standard InChI is InChI=1S/C26H50O4/c1-4-7-9-10-11-12-13-14-15-16-17-18-19-21-22-24(26(28)29-6-3)30-25(27)23-20-8-5-2/h24H,4-23H2,1-3H3. The lowest BCUT2D eigenvalue weighted by atomic mass is 10.0. The van der Waals surface area contributed by atoms with E-state index in [1.807, 2.05) is 0 Å². The van der Waals surface area contributed by atoms with Crippen molar-refractivity contribution in [3.63, 3.8) is 0 Å². The Kier molecular flexibility index (Phi) is 21.8. The molecule has 4 heteroatoms. The summed E-state index contributed by atoms with van der Waals surface area (Å²) in [6, 6.07) is 0. The molecule has 0 saturated heterocycles. The molecule has 0 bridgehead atoms. The van der Waals surface area contributed by atoms with Gasteiger partial charge in [-0.2, -0.15) is 0 Å². The largest absolute Gasteiger partial charge is 0.463 e. The molecule has 0 aliphatic carbocycles. The van der Waals surface area contributed by atoms with Crippen molar-refractivity contribution in [1.82, 2.24) is 0 Å². The molecule has 0 fully saturated rings. The summed E-state index contributed by atoms with van der Waals surface area (Å²) in [6.07, 6.45) is 21.3. The van der Waals surface area contributed by atoms with Gasteiger partial charge in [0.05, 0.1) is 6.61 Å². The monoisotopic (exact) mass is 426 g/mol. The van der Waals surface area contributed by atoms with E-state index in [0.29, 0.717) is 19.4 Å². The van der Waals surface area contributed by atoms with Crippen LogP contribution in [0.2, 0.25) is 0 Å². The fourth-order valence-electron chi connectivity index (χ4n) is 3.72. The zero-order chi connectivity index (χ0) is 22.3. The summed E-state index contributed by atoms with van der Waals surface area (Å²) >= 11 is 0. The lowest BCUT2D eigenvalue weighted by Gasteiger charge is -2.16. The van der Waals surface area contributed by atoms with E-state index >= 15 is 0 Å². The first-order valence-corrected chi connectivity index (χ1v) is 13.0. The van der Waals surface area contributed by atoms with E-state index in [-0.39, 0.29) is 5.97 Å². The molecule has 0 aliphatic heterocycles. The second-order valence-corrected chi connectivity index (χ2v) is 8.57. The smallest absolute Gasteiger partial charge is 0.347 e. The maximum atomic E-state index is 12.1. The van der Waals surface area contributed by atoms with Gasteiger partial charge in [0.1, 0.15) is 0 Å². The predicted molar refractivity (Wildman–Crippen MR) is 126 cm³/mol. The summed E-state index contributed by atoms with van der Waals surface area (Å²) in [7, 11) is 0. The minimum absolute atomic E-state index is 0.271. The third kappa shape index (κ3) is 18.9. The highest BCUT2D eigenvalue weighted by Gasteiger charge is 2.23. The summed E-state index contributed by atoms with van der Waals surface area (Å²) in [4.78, 5) is 24.0. The number of carbonyl (C=O) groups excluding carboxylic acids is 2. The Bertz CT molecular complexity index is 394. The second kappa shape index (κ2) is 22.6. The number of ether oxygens (including phenoxy) is 2. The lowest BCUT2D eigenvalue weighted by molar-refractivity contribution is -0.168. The highest BCUT2D eigenvalue weighted by atomic mass is 16.6. The normalized spacial score (nSPS) is 12.0. The fraction of sp³-hybridized carbons (Fsp3) is 0.923. The minimum atomic E-state index is -0.726. The summed E-state index contributed by atoms with van der Waals surface area (Å²) in [6.45, 7) is 6.47. The third-order valence-electron chi connectivity index (χ3n) is 5.63. The Morgan fingerprint density at radius 2 is 1.03 bits per heavy atom. The molecule has 0 heterocycles. The van der Waals surface area contributed by atoms with Crippen LogP contribution in [0.1, 0.15) is 143 Å². The Labute approximate surface area is 186 Å². The van der Waals surface area contributed by atoms with Gasteiger partial charge in [-0.15, -0.1) is 0 Å². The highest BCUT2D eigenvalue weighted by Crippen LogP contribution is 2.15. The average Bonchev–Trinajstić information content (AvgIpc) is 2.73. The Hall–Kier alpha value is -1.06. The van der Waals surface area contributed by atoms with Crippen molar-refractivity contribution < 1.29 is 19.1 Å². The molecule has 0 aromatic heterocycles. The molecule has 0 aliphatic rings. The van der Waals surface area contributed by atoms with Crippen molar-refractivity contribution in [2.24, 2.45) is 0 Å². The number of carbonyl (C=O) groups is 2. The van der Waals surface area contributed by atoms with Gasteiger partial charge in [-0.1, -0.05) is 110 Å². The van der Waals surface area contributed by atoms with Crippen LogP contribution in [0.15, 0.2) is 0 Å². The van der Waals surface area contributed by atoms with E-state index in [9.17, 15) is 9.59 Å². The van der Waals surface area contributed by atoms with Crippen LogP contribution in [0, 0.1) is 0 Å². The topological polar surface area (TPSA) is 52.6 Å². The maximum Gasteiger partial charge on any atom is 0.347 e. The Morgan fingerprint density at radius 1 is 0.600 bits per heavy atom. The van der Waals surface area contributed by atoms with Gasteiger partial charge in [0.25, 0.3) is 0 Å². The molecule has 0 rings (SSSR count). The number of hydrogen-bond acceptors (Lipinski definition) is 4. The van der Waals surface area contributed by atoms with Gasteiger partial charge >= 0.3 is 11.9 Å². The van der Waals surface area contributed by atoms with Crippen LogP contribution in [0.4, 0.5) is 0 Å². The number of esters is 2. The average molecular weight is 427 g/mol. The van der Waals surface area contributed by atoms with Crippen LogP contribution in [0.25, 0.3) is 0 Å². The van der Waals surface area contributed by atoms with Crippen molar-refractivity contribution >= 4 is 11.9 Å². The first-order valence-electron chi connectivity index (χ1n) is 13.0. The van der Waals surface area contributed by atoms with Crippen molar-refractivity contribution in [2.75, 3.05) is 6.61 Å². The number of unbranched alkanes of at least 4 members (excludes halogenated alkanes) is 15. The molecule has 178 valence electrons. The van der Waals surface area contributed by atoms with Crippen LogP contribution in [0.5, 0.6) is 0 Å². The van der Waals surface area contributed by atoms with E-state index in [1.165, 1.54) is 77.0 Å². The van der Waals surface area contributed by atoms with E-state index in [1.54, 1.807) is 6.92 Å². The molecule has 0 aromatic rings. The van der Waals surface area contributed by atoms with E-state index in [4.69, 9.17) is 9.47 Å². The van der Waals surface area contributed by atoms with Gasteiger partial charge in [0, 0.05) is 6.42 Å². The fourth-order valence-corrected chi connectivity index (χ4v) is 3.72. The van der Waals surface area contributed by atoms with Crippen molar-refractivity contribution in [1.29, 1.82) is 0 Å². The summed E-state index contributed by atoms with van der Waals surface area (Å²) < 4.78 is 10.5. The quantitative estimate of drug-likeness (QED) is 0.130. The van der Waals surface area contributed by atoms with Gasteiger partial charge in [-0.05, 0) is 26.2 Å². The molecule has 0 spiro atoms.